The van der Waals surface area contributed by atoms with Crippen molar-refractivity contribution in [2.45, 2.75) is 43.2 Å². The molecule has 0 heterocycles. The van der Waals surface area contributed by atoms with Gasteiger partial charge >= 0.3 is 0 Å². The molecule has 0 bridgehead atoms. The van der Waals surface area contributed by atoms with Crippen LogP contribution < -0.4 is 5.32 Å². The summed E-state index contributed by atoms with van der Waals surface area (Å²) in [6, 6.07) is 9.19. The lowest BCUT2D eigenvalue weighted by Gasteiger charge is -2.35. The number of hydrogen-bond donors (Lipinski definition) is 2. The van der Waals surface area contributed by atoms with Gasteiger partial charge in [0.1, 0.15) is 0 Å². The normalized spacial score (nSPS) is 24.6. The molecule has 18 heavy (non-hydrogen) atoms. The summed E-state index contributed by atoms with van der Waals surface area (Å²) >= 11 is 1.92. The summed E-state index contributed by atoms with van der Waals surface area (Å²) in [5.41, 5.74) is 2.94. The van der Waals surface area contributed by atoms with Crippen molar-refractivity contribution in [3.63, 3.8) is 0 Å². The lowest BCUT2D eigenvalue weighted by atomic mass is 9.87. The smallest absolute Gasteiger partial charge is 0.0547 e. The standard InChI is InChI=1S/C15H23NOS/c1-3-16-15-13-7-5-4-6-12(13)8-9-14(15)18-11(2)10-17/h4-7,11,14-17H,3,8-10H2,1-2H3. The first-order valence-corrected chi connectivity index (χ1v) is 7.78. The predicted molar refractivity (Wildman–Crippen MR) is 79.1 cm³/mol. The quantitative estimate of drug-likeness (QED) is 0.858. The van der Waals surface area contributed by atoms with Crippen molar-refractivity contribution in [1.29, 1.82) is 0 Å². The van der Waals surface area contributed by atoms with Crippen LogP contribution in [0.1, 0.15) is 37.4 Å². The zero-order chi connectivity index (χ0) is 13.0. The molecule has 0 fully saturated rings. The summed E-state index contributed by atoms with van der Waals surface area (Å²) in [7, 11) is 0. The highest BCUT2D eigenvalue weighted by Gasteiger charge is 2.29. The van der Waals surface area contributed by atoms with Crippen LogP contribution in [0.3, 0.4) is 0 Å². The fourth-order valence-corrected chi connectivity index (χ4v) is 4.02. The number of nitrogens with one attached hydrogen (secondary N) is 1. The van der Waals surface area contributed by atoms with Crippen LogP contribution in [-0.2, 0) is 6.42 Å². The van der Waals surface area contributed by atoms with Gasteiger partial charge in [-0.2, -0.15) is 11.8 Å². The van der Waals surface area contributed by atoms with Gasteiger partial charge in [-0.1, -0.05) is 38.1 Å². The average molecular weight is 265 g/mol. The van der Waals surface area contributed by atoms with E-state index in [9.17, 15) is 5.11 Å². The van der Waals surface area contributed by atoms with Gasteiger partial charge in [-0.25, -0.2) is 0 Å². The summed E-state index contributed by atoms with van der Waals surface area (Å²) < 4.78 is 0. The largest absolute Gasteiger partial charge is 0.395 e. The summed E-state index contributed by atoms with van der Waals surface area (Å²) in [6.07, 6.45) is 2.36. The second-order valence-electron chi connectivity index (χ2n) is 4.94. The molecule has 2 rings (SSSR count). The highest BCUT2D eigenvalue weighted by atomic mass is 32.2. The van der Waals surface area contributed by atoms with Gasteiger partial charge in [-0.15, -0.1) is 0 Å². The van der Waals surface area contributed by atoms with E-state index >= 15 is 0 Å². The fourth-order valence-electron chi connectivity index (χ4n) is 2.68. The van der Waals surface area contributed by atoms with Crippen LogP contribution in [0.5, 0.6) is 0 Å². The van der Waals surface area contributed by atoms with E-state index in [-0.39, 0.29) is 6.61 Å². The van der Waals surface area contributed by atoms with Gasteiger partial charge in [-0.3, -0.25) is 0 Å². The molecule has 1 aromatic carbocycles. The lowest BCUT2D eigenvalue weighted by molar-refractivity contribution is 0.299. The topological polar surface area (TPSA) is 32.3 Å². The number of aliphatic hydroxyl groups is 1. The Bertz CT molecular complexity index is 383. The molecule has 2 N–H and O–H groups in total. The number of hydrogen-bond acceptors (Lipinski definition) is 3. The van der Waals surface area contributed by atoms with Crippen molar-refractivity contribution in [1.82, 2.24) is 5.32 Å². The third kappa shape index (κ3) is 3.08. The third-order valence-electron chi connectivity index (χ3n) is 3.55. The van der Waals surface area contributed by atoms with E-state index in [2.05, 4.69) is 43.4 Å². The Morgan fingerprint density at radius 2 is 2.22 bits per heavy atom. The zero-order valence-electron chi connectivity index (χ0n) is 11.2. The number of aliphatic hydroxyl groups excluding tert-OH is 1. The van der Waals surface area contributed by atoms with Crippen LogP contribution in [0.15, 0.2) is 24.3 Å². The van der Waals surface area contributed by atoms with Gasteiger partial charge < -0.3 is 10.4 Å². The first kappa shape index (κ1) is 13.9. The molecule has 1 aliphatic carbocycles. The first-order chi connectivity index (χ1) is 8.76. The Morgan fingerprint density at radius 1 is 1.44 bits per heavy atom. The van der Waals surface area contributed by atoms with Crippen LogP contribution in [0.4, 0.5) is 0 Å². The minimum Gasteiger partial charge on any atom is -0.395 e. The van der Waals surface area contributed by atoms with Gasteiger partial charge in [0.25, 0.3) is 0 Å². The maximum Gasteiger partial charge on any atom is 0.0547 e. The molecular weight excluding hydrogens is 242 g/mol. The van der Waals surface area contributed by atoms with Gasteiger partial charge in [0.2, 0.25) is 0 Å². The Kier molecular flexibility index (Phi) is 5.10. The minimum atomic E-state index is 0.266. The van der Waals surface area contributed by atoms with Crippen LogP contribution in [-0.4, -0.2) is 28.8 Å². The van der Waals surface area contributed by atoms with E-state index in [1.165, 1.54) is 17.5 Å². The number of rotatable bonds is 5. The van der Waals surface area contributed by atoms with E-state index in [4.69, 9.17) is 0 Å². The van der Waals surface area contributed by atoms with Crippen molar-refractivity contribution in [2.75, 3.05) is 13.2 Å². The maximum atomic E-state index is 9.24. The molecule has 3 atom stereocenters. The minimum absolute atomic E-state index is 0.266. The average Bonchev–Trinajstić information content (AvgIpc) is 2.41. The zero-order valence-corrected chi connectivity index (χ0v) is 12.0. The van der Waals surface area contributed by atoms with Crippen LogP contribution in [0.2, 0.25) is 0 Å². The van der Waals surface area contributed by atoms with Crippen molar-refractivity contribution < 1.29 is 5.11 Å². The first-order valence-electron chi connectivity index (χ1n) is 6.83. The molecular formula is C15H23NOS. The van der Waals surface area contributed by atoms with Crippen LogP contribution in [0, 0.1) is 0 Å². The molecule has 3 heteroatoms. The molecule has 0 aromatic heterocycles. The molecule has 3 unspecified atom stereocenters. The molecule has 1 aromatic rings. The predicted octanol–water partition coefficient (Wildman–Crippen LogP) is 2.77. The van der Waals surface area contributed by atoms with Crippen molar-refractivity contribution in [3.05, 3.63) is 35.4 Å². The molecule has 1 aliphatic rings. The number of fused-ring (bicyclic) bond motifs is 1. The van der Waals surface area contributed by atoms with Crippen molar-refractivity contribution in [2.24, 2.45) is 0 Å². The molecule has 0 saturated heterocycles. The SMILES string of the molecule is CCNC1c2ccccc2CCC1SC(C)CO. The molecule has 0 radical (unpaired) electrons. The maximum absolute atomic E-state index is 9.24. The molecule has 0 aliphatic heterocycles. The second-order valence-corrected chi connectivity index (χ2v) is 6.62. The molecule has 0 amide bonds. The third-order valence-corrected chi connectivity index (χ3v) is 5.02. The summed E-state index contributed by atoms with van der Waals surface area (Å²) in [5, 5.41) is 13.7. The Balaban J connectivity index is 2.18. The van der Waals surface area contributed by atoms with Gasteiger partial charge in [0.05, 0.1) is 6.61 Å². The monoisotopic (exact) mass is 265 g/mol. The second kappa shape index (κ2) is 6.60. The molecule has 0 spiro atoms. The lowest BCUT2D eigenvalue weighted by Crippen LogP contribution is -2.35. The molecule has 2 nitrogen and oxygen atoms in total. The van der Waals surface area contributed by atoms with Crippen molar-refractivity contribution >= 4 is 11.8 Å². The molecule has 0 saturated carbocycles. The summed E-state index contributed by atoms with van der Waals surface area (Å²) in [5.74, 6) is 0. The number of thioether (sulfide) groups is 1. The highest BCUT2D eigenvalue weighted by molar-refractivity contribution is 8.00. The van der Waals surface area contributed by atoms with Crippen LogP contribution >= 0.6 is 11.8 Å². The van der Waals surface area contributed by atoms with Crippen LogP contribution in [0.25, 0.3) is 0 Å². The Morgan fingerprint density at radius 3 is 2.94 bits per heavy atom. The number of aryl methyl sites for hydroxylation is 1. The Labute approximate surface area is 114 Å². The van der Waals surface area contributed by atoms with E-state index in [1.54, 1.807) is 0 Å². The number of benzene rings is 1. The summed E-state index contributed by atoms with van der Waals surface area (Å²) in [6.45, 7) is 5.52. The van der Waals surface area contributed by atoms with E-state index in [0.717, 1.165) is 13.0 Å². The fraction of sp³-hybridized carbons (Fsp3) is 0.600. The van der Waals surface area contributed by atoms with Crippen molar-refractivity contribution in [3.8, 4) is 0 Å². The van der Waals surface area contributed by atoms with Gasteiger partial charge in [0.15, 0.2) is 0 Å². The molecule has 100 valence electrons. The Hall–Kier alpha value is -0.510. The van der Waals surface area contributed by atoms with Gasteiger partial charge in [0, 0.05) is 16.5 Å². The van der Waals surface area contributed by atoms with E-state index < -0.39 is 0 Å². The van der Waals surface area contributed by atoms with E-state index in [1.807, 2.05) is 11.8 Å². The summed E-state index contributed by atoms with van der Waals surface area (Å²) in [4.78, 5) is 0. The van der Waals surface area contributed by atoms with Gasteiger partial charge in [-0.05, 0) is 30.5 Å². The van der Waals surface area contributed by atoms with E-state index in [0.29, 0.717) is 16.5 Å². The highest BCUT2D eigenvalue weighted by Crippen LogP contribution is 2.38.